The number of rotatable bonds is 1. The van der Waals surface area contributed by atoms with Gasteiger partial charge < -0.3 is 5.73 Å². The Morgan fingerprint density at radius 3 is 2.65 bits per heavy atom. The van der Waals surface area contributed by atoms with Gasteiger partial charge in [0.15, 0.2) is 0 Å². The molecule has 3 nitrogen and oxygen atoms in total. The number of aryl methyl sites for hydroxylation is 3. The van der Waals surface area contributed by atoms with Crippen molar-refractivity contribution < 1.29 is 0 Å². The summed E-state index contributed by atoms with van der Waals surface area (Å²) in [5.41, 5.74) is 12.7. The SMILES string of the molecule is Cc1[nH]nc(-c2ccc3c(c2)CCCC3)c1N. The fraction of sp³-hybridized carbons (Fsp3) is 0.357. The van der Waals surface area contributed by atoms with Crippen LogP contribution in [0.1, 0.15) is 29.7 Å². The van der Waals surface area contributed by atoms with Crippen molar-refractivity contribution in [1.82, 2.24) is 10.2 Å². The first-order chi connectivity index (χ1) is 8.25. The van der Waals surface area contributed by atoms with Crippen LogP contribution in [0, 0.1) is 6.92 Å². The number of nitrogens with two attached hydrogens (primary N) is 1. The lowest BCUT2D eigenvalue weighted by molar-refractivity contribution is 0.686. The Labute approximate surface area is 101 Å². The number of aromatic nitrogens is 2. The molecule has 88 valence electrons. The average Bonchev–Trinajstić information content (AvgIpc) is 2.70. The van der Waals surface area contributed by atoms with E-state index in [-0.39, 0.29) is 0 Å². The quantitative estimate of drug-likeness (QED) is 0.787. The highest BCUT2D eigenvalue weighted by atomic mass is 15.1. The Hall–Kier alpha value is -1.77. The van der Waals surface area contributed by atoms with E-state index in [9.17, 15) is 0 Å². The molecule has 3 heteroatoms. The molecule has 0 amide bonds. The minimum Gasteiger partial charge on any atom is -0.395 e. The first-order valence-corrected chi connectivity index (χ1v) is 6.18. The third kappa shape index (κ3) is 1.71. The van der Waals surface area contributed by atoms with Crippen LogP contribution in [0.15, 0.2) is 18.2 Å². The van der Waals surface area contributed by atoms with Gasteiger partial charge >= 0.3 is 0 Å². The highest BCUT2D eigenvalue weighted by Crippen LogP contribution is 2.30. The van der Waals surface area contributed by atoms with Gasteiger partial charge in [-0.15, -0.1) is 0 Å². The standard InChI is InChI=1S/C14H17N3/c1-9-13(15)14(17-16-9)12-7-6-10-4-2-3-5-11(10)8-12/h6-8H,2-5,15H2,1H3,(H,16,17). The highest BCUT2D eigenvalue weighted by molar-refractivity contribution is 5.74. The van der Waals surface area contributed by atoms with Crippen LogP contribution in [-0.2, 0) is 12.8 Å². The molecule has 1 heterocycles. The molecule has 0 unspecified atom stereocenters. The number of nitrogen functional groups attached to an aromatic ring is 1. The van der Waals surface area contributed by atoms with Gasteiger partial charge in [-0.3, -0.25) is 5.10 Å². The molecule has 1 aromatic carbocycles. The molecule has 0 saturated carbocycles. The maximum atomic E-state index is 6.02. The number of nitrogens with zero attached hydrogens (tertiary/aromatic N) is 1. The fourth-order valence-electron chi connectivity index (χ4n) is 2.54. The third-order valence-electron chi connectivity index (χ3n) is 3.62. The molecular weight excluding hydrogens is 210 g/mol. The van der Waals surface area contributed by atoms with E-state index < -0.39 is 0 Å². The topological polar surface area (TPSA) is 54.7 Å². The summed E-state index contributed by atoms with van der Waals surface area (Å²) in [7, 11) is 0. The van der Waals surface area contributed by atoms with Gasteiger partial charge in [-0.1, -0.05) is 12.1 Å². The molecular formula is C14H17N3. The second kappa shape index (κ2) is 3.91. The van der Waals surface area contributed by atoms with Gasteiger partial charge in [0.05, 0.1) is 11.4 Å². The summed E-state index contributed by atoms with van der Waals surface area (Å²) in [6, 6.07) is 6.61. The molecule has 0 spiro atoms. The van der Waals surface area contributed by atoms with Crippen LogP contribution in [0.3, 0.4) is 0 Å². The zero-order valence-corrected chi connectivity index (χ0v) is 10.1. The summed E-state index contributed by atoms with van der Waals surface area (Å²) in [6.45, 7) is 1.95. The molecule has 0 bridgehead atoms. The second-order valence-corrected chi connectivity index (χ2v) is 4.80. The van der Waals surface area contributed by atoms with Crippen molar-refractivity contribution in [2.75, 3.05) is 5.73 Å². The Bertz CT molecular complexity index is 555. The monoisotopic (exact) mass is 227 g/mol. The largest absolute Gasteiger partial charge is 0.395 e. The first kappa shape index (κ1) is 10.4. The van der Waals surface area contributed by atoms with E-state index in [1.165, 1.54) is 36.8 Å². The lowest BCUT2D eigenvalue weighted by atomic mass is 9.90. The van der Waals surface area contributed by atoms with E-state index in [4.69, 9.17) is 5.73 Å². The Morgan fingerprint density at radius 2 is 1.94 bits per heavy atom. The van der Waals surface area contributed by atoms with E-state index in [0.29, 0.717) is 0 Å². The highest BCUT2D eigenvalue weighted by Gasteiger charge is 2.13. The van der Waals surface area contributed by atoms with Gasteiger partial charge in [0.25, 0.3) is 0 Å². The van der Waals surface area contributed by atoms with Crippen LogP contribution < -0.4 is 5.73 Å². The number of hydrogen-bond donors (Lipinski definition) is 2. The van der Waals surface area contributed by atoms with Crippen molar-refractivity contribution in [3.05, 3.63) is 35.0 Å². The van der Waals surface area contributed by atoms with E-state index in [1.54, 1.807) is 0 Å². The van der Waals surface area contributed by atoms with Gasteiger partial charge in [-0.05, 0) is 49.8 Å². The van der Waals surface area contributed by atoms with Crippen molar-refractivity contribution in [3.63, 3.8) is 0 Å². The number of hydrogen-bond acceptors (Lipinski definition) is 2. The predicted molar refractivity (Wildman–Crippen MR) is 69.8 cm³/mol. The van der Waals surface area contributed by atoms with Crippen molar-refractivity contribution >= 4 is 5.69 Å². The van der Waals surface area contributed by atoms with Gasteiger partial charge in [0, 0.05) is 5.56 Å². The Morgan fingerprint density at radius 1 is 1.18 bits per heavy atom. The van der Waals surface area contributed by atoms with Crippen molar-refractivity contribution in [2.24, 2.45) is 0 Å². The zero-order valence-electron chi connectivity index (χ0n) is 10.1. The summed E-state index contributed by atoms with van der Waals surface area (Å²) >= 11 is 0. The van der Waals surface area contributed by atoms with Crippen LogP contribution in [0.5, 0.6) is 0 Å². The summed E-state index contributed by atoms with van der Waals surface area (Å²) < 4.78 is 0. The van der Waals surface area contributed by atoms with E-state index in [2.05, 4.69) is 28.4 Å². The van der Waals surface area contributed by atoms with Crippen LogP contribution in [0.25, 0.3) is 11.3 Å². The molecule has 0 atom stereocenters. The summed E-state index contributed by atoms with van der Waals surface area (Å²) in [6.07, 6.45) is 5.01. The van der Waals surface area contributed by atoms with Gasteiger partial charge in [-0.2, -0.15) is 5.10 Å². The lowest BCUT2D eigenvalue weighted by Gasteiger charge is -2.16. The molecule has 17 heavy (non-hydrogen) atoms. The fourth-order valence-corrected chi connectivity index (χ4v) is 2.54. The molecule has 0 aliphatic heterocycles. The third-order valence-corrected chi connectivity index (χ3v) is 3.62. The minimum absolute atomic E-state index is 0.765. The Balaban J connectivity index is 2.07. The number of fused-ring (bicyclic) bond motifs is 1. The summed E-state index contributed by atoms with van der Waals surface area (Å²) in [5.74, 6) is 0. The van der Waals surface area contributed by atoms with Crippen molar-refractivity contribution in [3.8, 4) is 11.3 Å². The number of anilines is 1. The van der Waals surface area contributed by atoms with Crippen LogP contribution in [-0.4, -0.2) is 10.2 Å². The van der Waals surface area contributed by atoms with Crippen LogP contribution in [0.4, 0.5) is 5.69 Å². The number of nitrogens with one attached hydrogen (secondary N) is 1. The van der Waals surface area contributed by atoms with Gasteiger partial charge in [0.1, 0.15) is 5.69 Å². The van der Waals surface area contributed by atoms with Crippen LogP contribution >= 0.6 is 0 Å². The molecule has 0 fully saturated rings. The van der Waals surface area contributed by atoms with Gasteiger partial charge in [-0.25, -0.2) is 0 Å². The van der Waals surface area contributed by atoms with Gasteiger partial charge in [0.2, 0.25) is 0 Å². The summed E-state index contributed by atoms with van der Waals surface area (Å²) in [4.78, 5) is 0. The van der Waals surface area contributed by atoms with E-state index >= 15 is 0 Å². The molecule has 0 saturated heterocycles. The van der Waals surface area contributed by atoms with E-state index in [0.717, 1.165) is 22.6 Å². The molecule has 3 N–H and O–H groups in total. The summed E-state index contributed by atoms with van der Waals surface area (Å²) in [5, 5.41) is 7.22. The second-order valence-electron chi connectivity index (χ2n) is 4.80. The first-order valence-electron chi connectivity index (χ1n) is 6.18. The lowest BCUT2D eigenvalue weighted by Crippen LogP contribution is -2.02. The van der Waals surface area contributed by atoms with Crippen molar-refractivity contribution in [1.29, 1.82) is 0 Å². The minimum atomic E-state index is 0.765. The maximum Gasteiger partial charge on any atom is 0.115 e. The molecule has 1 aliphatic rings. The molecule has 1 aromatic heterocycles. The molecule has 0 radical (unpaired) electrons. The number of H-pyrrole nitrogens is 1. The molecule has 2 aromatic rings. The smallest absolute Gasteiger partial charge is 0.115 e. The number of benzene rings is 1. The Kier molecular flexibility index (Phi) is 2.39. The van der Waals surface area contributed by atoms with Crippen molar-refractivity contribution in [2.45, 2.75) is 32.6 Å². The number of aromatic amines is 1. The predicted octanol–water partition coefficient (Wildman–Crippen LogP) is 2.85. The van der Waals surface area contributed by atoms with Crippen LogP contribution in [0.2, 0.25) is 0 Å². The zero-order chi connectivity index (χ0) is 11.8. The van der Waals surface area contributed by atoms with E-state index in [1.807, 2.05) is 6.92 Å². The molecule has 3 rings (SSSR count). The average molecular weight is 227 g/mol. The normalized spacial score (nSPS) is 14.6. The molecule has 1 aliphatic carbocycles. The maximum absolute atomic E-state index is 6.02.